The standard InChI is InChI=1S/C21H15Cl3N4O2/c1-12(30-20-8-7-13(22)9-16(20)24)21(29)25-17-11-19-18(10-15(17)23)26-28(27-19)14-5-3-2-4-6-14/h2-12H,1H3,(H,25,29)/t12-/m1/s1. The molecule has 1 atom stereocenters. The SMILES string of the molecule is C[C@@H](Oc1ccc(Cl)cc1Cl)C(=O)Nc1cc2nn(-c3ccccc3)nc2cc1Cl. The minimum atomic E-state index is -0.824. The van der Waals surface area contributed by atoms with Gasteiger partial charge in [0.1, 0.15) is 16.8 Å². The Balaban J connectivity index is 1.53. The maximum atomic E-state index is 12.6. The number of aromatic nitrogens is 3. The second kappa shape index (κ2) is 8.52. The molecule has 152 valence electrons. The largest absolute Gasteiger partial charge is 0.479 e. The summed E-state index contributed by atoms with van der Waals surface area (Å²) in [5, 5.41) is 12.8. The summed E-state index contributed by atoms with van der Waals surface area (Å²) in [7, 11) is 0. The van der Waals surface area contributed by atoms with Gasteiger partial charge in [0.2, 0.25) is 0 Å². The van der Waals surface area contributed by atoms with Gasteiger partial charge in [0.15, 0.2) is 6.10 Å². The Labute approximate surface area is 187 Å². The molecule has 9 heteroatoms. The Bertz CT molecular complexity index is 1230. The number of carbonyl (C=O) groups excluding carboxylic acids is 1. The lowest BCUT2D eigenvalue weighted by Crippen LogP contribution is -2.30. The summed E-state index contributed by atoms with van der Waals surface area (Å²) in [4.78, 5) is 14.1. The summed E-state index contributed by atoms with van der Waals surface area (Å²) in [6.45, 7) is 1.61. The van der Waals surface area contributed by atoms with Gasteiger partial charge in [-0.2, -0.15) is 4.80 Å². The summed E-state index contributed by atoms with van der Waals surface area (Å²) < 4.78 is 5.65. The fourth-order valence-electron chi connectivity index (χ4n) is 2.76. The lowest BCUT2D eigenvalue weighted by Gasteiger charge is -2.16. The Morgan fingerprint density at radius 1 is 0.967 bits per heavy atom. The van der Waals surface area contributed by atoms with Crippen molar-refractivity contribution < 1.29 is 9.53 Å². The molecule has 30 heavy (non-hydrogen) atoms. The first-order valence-corrected chi connectivity index (χ1v) is 10.1. The van der Waals surface area contributed by atoms with Crippen LogP contribution in [0.25, 0.3) is 16.7 Å². The number of anilines is 1. The number of ether oxygens (including phenoxy) is 1. The molecule has 0 aliphatic rings. The molecule has 0 saturated heterocycles. The van der Waals surface area contributed by atoms with Crippen molar-refractivity contribution in [1.29, 1.82) is 0 Å². The van der Waals surface area contributed by atoms with Gasteiger partial charge in [-0.1, -0.05) is 53.0 Å². The van der Waals surface area contributed by atoms with Crippen molar-refractivity contribution in [3.05, 3.63) is 75.7 Å². The molecule has 3 aromatic carbocycles. The van der Waals surface area contributed by atoms with Crippen LogP contribution < -0.4 is 10.1 Å². The van der Waals surface area contributed by atoms with Crippen molar-refractivity contribution in [2.45, 2.75) is 13.0 Å². The molecule has 0 aliphatic carbocycles. The van der Waals surface area contributed by atoms with E-state index in [9.17, 15) is 4.79 Å². The zero-order valence-electron chi connectivity index (χ0n) is 15.6. The third-order valence-corrected chi connectivity index (χ3v) is 5.12. The van der Waals surface area contributed by atoms with Crippen LogP contribution in [-0.4, -0.2) is 27.0 Å². The number of carbonyl (C=O) groups is 1. The highest BCUT2D eigenvalue weighted by atomic mass is 35.5. The normalized spacial score (nSPS) is 12.0. The van der Waals surface area contributed by atoms with Gasteiger partial charge in [0.05, 0.1) is 21.4 Å². The van der Waals surface area contributed by atoms with Gasteiger partial charge in [-0.25, -0.2) is 0 Å². The number of hydrogen-bond donors (Lipinski definition) is 1. The highest BCUT2D eigenvalue weighted by molar-refractivity contribution is 6.35. The zero-order valence-corrected chi connectivity index (χ0v) is 17.9. The van der Waals surface area contributed by atoms with E-state index in [0.29, 0.717) is 37.5 Å². The molecule has 0 bridgehead atoms. The number of benzene rings is 3. The number of halogens is 3. The first-order valence-electron chi connectivity index (χ1n) is 8.95. The molecular weight excluding hydrogens is 447 g/mol. The van der Waals surface area contributed by atoms with Crippen LogP contribution in [0.15, 0.2) is 60.7 Å². The van der Waals surface area contributed by atoms with E-state index >= 15 is 0 Å². The second-order valence-electron chi connectivity index (χ2n) is 6.47. The number of nitrogens with zero attached hydrogens (tertiary/aromatic N) is 3. The molecule has 0 unspecified atom stereocenters. The quantitative estimate of drug-likeness (QED) is 0.408. The van der Waals surface area contributed by atoms with E-state index in [1.807, 2.05) is 30.3 Å². The van der Waals surface area contributed by atoms with Gasteiger partial charge in [-0.15, -0.1) is 10.2 Å². The Hall–Kier alpha value is -2.80. The number of nitrogens with one attached hydrogen (secondary N) is 1. The van der Waals surface area contributed by atoms with Crippen LogP contribution in [0.1, 0.15) is 6.92 Å². The molecular formula is C21H15Cl3N4O2. The Morgan fingerprint density at radius 2 is 1.67 bits per heavy atom. The van der Waals surface area contributed by atoms with Crippen molar-refractivity contribution in [3.8, 4) is 11.4 Å². The number of para-hydroxylation sites is 1. The van der Waals surface area contributed by atoms with Crippen molar-refractivity contribution in [2.75, 3.05) is 5.32 Å². The van der Waals surface area contributed by atoms with E-state index in [2.05, 4.69) is 15.5 Å². The molecule has 1 aromatic heterocycles. The predicted octanol–water partition coefficient (Wildman–Crippen LogP) is 5.79. The van der Waals surface area contributed by atoms with Crippen LogP contribution in [0.3, 0.4) is 0 Å². The molecule has 1 heterocycles. The van der Waals surface area contributed by atoms with Gasteiger partial charge in [-0.3, -0.25) is 4.79 Å². The number of rotatable bonds is 5. The highest BCUT2D eigenvalue weighted by Crippen LogP contribution is 2.30. The molecule has 0 spiro atoms. The van der Waals surface area contributed by atoms with Crippen LogP contribution in [-0.2, 0) is 4.79 Å². The fourth-order valence-corrected chi connectivity index (χ4v) is 3.42. The van der Waals surface area contributed by atoms with Crippen LogP contribution >= 0.6 is 34.8 Å². The van der Waals surface area contributed by atoms with Crippen LogP contribution in [0, 0.1) is 0 Å². The van der Waals surface area contributed by atoms with Gasteiger partial charge in [0, 0.05) is 5.02 Å². The second-order valence-corrected chi connectivity index (χ2v) is 7.72. The monoisotopic (exact) mass is 460 g/mol. The summed E-state index contributed by atoms with van der Waals surface area (Å²) >= 11 is 18.3. The molecule has 0 fully saturated rings. The van der Waals surface area contributed by atoms with Gasteiger partial charge < -0.3 is 10.1 Å². The molecule has 0 aliphatic heterocycles. The van der Waals surface area contributed by atoms with Gasteiger partial charge >= 0.3 is 0 Å². The summed E-state index contributed by atoms with van der Waals surface area (Å²) in [5.41, 5.74) is 2.43. The van der Waals surface area contributed by atoms with Crippen molar-refractivity contribution in [1.82, 2.24) is 15.0 Å². The Morgan fingerprint density at radius 3 is 2.37 bits per heavy atom. The third-order valence-electron chi connectivity index (χ3n) is 4.28. The van der Waals surface area contributed by atoms with E-state index in [0.717, 1.165) is 5.69 Å². The number of fused-ring (bicyclic) bond motifs is 1. The first-order chi connectivity index (χ1) is 14.4. The van der Waals surface area contributed by atoms with Gasteiger partial charge in [-0.05, 0) is 49.4 Å². The van der Waals surface area contributed by atoms with E-state index < -0.39 is 12.0 Å². The van der Waals surface area contributed by atoms with E-state index in [1.54, 1.807) is 37.3 Å². The van der Waals surface area contributed by atoms with Gasteiger partial charge in [0.25, 0.3) is 5.91 Å². The third kappa shape index (κ3) is 4.36. The average molecular weight is 462 g/mol. The molecule has 4 rings (SSSR count). The highest BCUT2D eigenvalue weighted by Gasteiger charge is 2.19. The molecule has 1 N–H and O–H groups in total. The zero-order chi connectivity index (χ0) is 21.3. The van der Waals surface area contributed by atoms with Crippen molar-refractivity contribution in [2.24, 2.45) is 0 Å². The van der Waals surface area contributed by atoms with Crippen LogP contribution in [0.5, 0.6) is 5.75 Å². The van der Waals surface area contributed by atoms with E-state index in [4.69, 9.17) is 39.5 Å². The number of hydrogen-bond acceptors (Lipinski definition) is 4. The minimum Gasteiger partial charge on any atom is -0.479 e. The topological polar surface area (TPSA) is 69.0 Å². The lowest BCUT2D eigenvalue weighted by atomic mass is 10.2. The summed E-state index contributed by atoms with van der Waals surface area (Å²) in [6, 6.07) is 17.6. The lowest BCUT2D eigenvalue weighted by molar-refractivity contribution is -0.122. The van der Waals surface area contributed by atoms with E-state index in [1.165, 1.54) is 4.80 Å². The number of amides is 1. The minimum absolute atomic E-state index is 0.319. The molecule has 0 saturated carbocycles. The Kier molecular flexibility index (Phi) is 5.81. The molecule has 1 amide bonds. The maximum absolute atomic E-state index is 12.6. The molecule has 4 aromatic rings. The van der Waals surface area contributed by atoms with Crippen LogP contribution in [0.2, 0.25) is 15.1 Å². The van der Waals surface area contributed by atoms with E-state index in [-0.39, 0.29) is 0 Å². The smallest absolute Gasteiger partial charge is 0.265 e. The molecule has 0 radical (unpaired) electrons. The maximum Gasteiger partial charge on any atom is 0.265 e. The van der Waals surface area contributed by atoms with Crippen molar-refractivity contribution >= 4 is 57.4 Å². The van der Waals surface area contributed by atoms with Crippen molar-refractivity contribution in [3.63, 3.8) is 0 Å². The average Bonchev–Trinajstić information content (AvgIpc) is 3.13. The summed E-state index contributed by atoms with van der Waals surface area (Å²) in [5.74, 6) is -0.0335. The predicted molar refractivity (Wildman–Crippen MR) is 119 cm³/mol. The van der Waals surface area contributed by atoms with Crippen LogP contribution in [0.4, 0.5) is 5.69 Å². The molecule has 6 nitrogen and oxygen atoms in total. The fraction of sp³-hybridized carbons (Fsp3) is 0.0952. The summed E-state index contributed by atoms with van der Waals surface area (Å²) in [6.07, 6.45) is -0.824. The first kappa shape index (κ1) is 20.5.